The first-order valence-electron chi connectivity index (χ1n) is 10.0. The normalized spacial score (nSPS) is 18.4. The number of allylic oxidation sites excluding steroid dienone is 4. The number of amidine groups is 1. The fraction of sp³-hybridized carbons (Fsp3) is 0.522. The van der Waals surface area contributed by atoms with Crippen LogP contribution in [0.4, 0.5) is 0 Å². The molecule has 4 heteroatoms. The molecule has 2 rings (SSSR count). The molecule has 0 heterocycles. The Morgan fingerprint density at radius 1 is 0.852 bits per heavy atom. The molecule has 1 aromatic rings. The second kappa shape index (κ2) is 7.21. The van der Waals surface area contributed by atoms with Crippen molar-refractivity contribution in [2.75, 3.05) is 0 Å². The highest BCUT2D eigenvalue weighted by Gasteiger charge is 2.40. The molecular weight excluding hydrogens is 360 g/mol. The highest BCUT2D eigenvalue weighted by Crippen LogP contribution is 2.49. The lowest BCUT2D eigenvalue weighted by Crippen LogP contribution is -2.47. The van der Waals surface area contributed by atoms with Gasteiger partial charge in [-0.15, -0.1) is 0 Å². The van der Waals surface area contributed by atoms with Gasteiger partial charge in [-0.2, -0.15) is 0 Å². The molecule has 0 bridgehead atoms. The Kier molecular flexibility index (Phi) is 5.85. The molecule has 0 atom stereocenters. The number of nitrogens with one attached hydrogen (secondary N) is 1. The summed E-state index contributed by atoms with van der Waals surface area (Å²) in [6.45, 7) is 25.5. The van der Waals surface area contributed by atoms with Crippen LogP contribution in [-0.2, 0) is 5.41 Å². The summed E-state index contributed by atoms with van der Waals surface area (Å²) in [5.74, 6) is 1.10. The molecule has 0 radical (unpaired) electrons. The van der Waals surface area contributed by atoms with Gasteiger partial charge >= 0.3 is 0 Å². The largest absolute Gasteiger partial charge is 0.396 e. The average Bonchev–Trinajstić information content (AvgIpc) is 2.68. The van der Waals surface area contributed by atoms with Gasteiger partial charge in [-0.05, 0) is 71.0 Å². The number of nitrogens with zero attached hydrogens (tertiary/aromatic N) is 1. The van der Waals surface area contributed by atoms with Gasteiger partial charge in [0, 0.05) is 11.0 Å². The summed E-state index contributed by atoms with van der Waals surface area (Å²) in [5.41, 5.74) is 8.38. The van der Waals surface area contributed by atoms with Crippen LogP contribution in [0.1, 0.15) is 45.7 Å². The summed E-state index contributed by atoms with van der Waals surface area (Å²) in [4.78, 5) is 3.85. The van der Waals surface area contributed by atoms with Crippen LogP contribution in [0.25, 0.3) is 0 Å². The molecule has 0 saturated heterocycles. The van der Waals surface area contributed by atoms with E-state index in [1.54, 1.807) is 0 Å². The van der Waals surface area contributed by atoms with E-state index in [0.29, 0.717) is 0 Å². The van der Waals surface area contributed by atoms with Crippen LogP contribution in [0.3, 0.4) is 0 Å². The van der Waals surface area contributed by atoms with Gasteiger partial charge in [0.1, 0.15) is 14.1 Å². The summed E-state index contributed by atoms with van der Waals surface area (Å²) in [5, 5.41) is 0. The lowest BCUT2D eigenvalue weighted by Gasteiger charge is -2.34. The number of hydrogen-bond acceptors (Lipinski definition) is 1. The molecule has 2 nitrogen and oxygen atoms in total. The minimum atomic E-state index is -1.63. The highest BCUT2D eigenvalue weighted by atomic mass is 28.3. The smallest absolute Gasteiger partial charge is 0.175 e. The van der Waals surface area contributed by atoms with E-state index in [2.05, 4.69) is 103 Å². The Morgan fingerprint density at radius 2 is 1.33 bits per heavy atom. The van der Waals surface area contributed by atoms with E-state index in [1.165, 1.54) is 33.4 Å². The Hall–Kier alpha value is -1.40. The van der Waals surface area contributed by atoms with E-state index in [0.717, 1.165) is 5.84 Å². The second-order valence-electron chi connectivity index (χ2n) is 10.2. The molecule has 0 unspecified atom stereocenters. The third kappa shape index (κ3) is 4.37. The van der Waals surface area contributed by atoms with E-state index in [9.17, 15) is 0 Å². The van der Waals surface area contributed by atoms with Gasteiger partial charge in [-0.25, -0.2) is 0 Å². The first kappa shape index (κ1) is 21.9. The maximum atomic E-state index is 5.26. The van der Waals surface area contributed by atoms with Crippen molar-refractivity contribution in [2.45, 2.75) is 79.3 Å². The quantitative estimate of drug-likeness (QED) is 0.343. The number of hydrogen-bond donors (Lipinski definition) is 1. The Morgan fingerprint density at radius 3 is 1.78 bits per heavy atom. The average molecular weight is 399 g/mol. The minimum Gasteiger partial charge on any atom is -0.396 e. The zero-order chi connectivity index (χ0) is 20.8. The minimum absolute atomic E-state index is 0.0634. The van der Waals surface area contributed by atoms with Crippen LogP contribution in [-0.4, -0.2) is 22.3 Å². The van der Waals surface area contributed by atoms with Crippen molar-refractivity contribution in [2.24, 2.45) is 4.66 Å². The number of rotatable bonds is 4. The Balaban J connectivity index is 2.76. The van der Waals surface area contributed by atoms with E-state index in [-0.39, 0.29) is 5.41 Å². The summed E-state index contributed by atoms with van der Waals surface area (Å²) in [6.07, 6.45) is 0. The van der Waals surface area contributed by atoms with Gasteiger partial charge in [0.15, 0.2) is 8.24 Å². The van der Waals surface area contributed by atoms with E-state index in [4.69, 9.17) is 4.66 Å². The van der Waals surface area contributed by atoms with Crippen molar-refractivity contribution in [1.82, 2.24) is 4.98 Å². The van der Waals surface area contributed by atoms with Crippen LogP contribution in [0.5, 0.6) is 0 Å². The molecule has 27 heavy (non-hydrogen) atoms. The zero-order valence-electron chi connectivity index (χ0n) is 19.3. The predicted molar refractivity (Wildman–Crippen MR) is 127 cm³/mol. The summed E-state index contributed by atoms with van der Waals surface area (Å²) in [6, 6.07) is 8.89. The molecule has 1 aliphatic carbocycles. The molecule has 148 valence electrons. The monoisotopic (exact) mass is 398 g/mol. The summed E-state index contributed by atoms with van der Waals surface area (Å²) in [7, 11) is -3.16. The lowest BCUT2D eigenvalue weighted by molar-refractivity contribution is 0.664. The Labute approximate surface area is 169 Å². The van der Waals surface area contributed by atoms with Gasteiger partial charge in [0.2, 0.25) is 0 Å². The van der Waals surface area contributed by atoms with E-state index in [1.807, 2.05) is 0 Å². The first-order chi connectivity index (χ1) is 12.2. The van der Waals surface area contributed by atoms with Crippen molar-refractivity contribution in [3.63, 3.8) is 0 Å². The molecular formula is C23H38N2Si2. The zero-order valence-corrected chi connectivity index (χ0v) is 21.3. The van der Waals surface area contributed by atoms with Crippen molar-refractivity contribution >= 4 is 22.3 Å². The molecule has 1 aromatic carbocycles. The molecule has 0 aromatic heterocycles. The summed E-state index contributed by atoms with van der Waals surface area (Å²) < 4.78 is 5.26. The third-order valence-electron chi connectivity index (χ3n) is 5.85. The highest BCUT2D eigenvalue weighted by molar-refractivity contribution is 6.78. The maximum Gasteiger partial charge on any atom is 0.175 e. The van der Waals surface area contributed by atoms with E-state index >= 15 is 0 Å². The van der Waals surface area contributed by atoms with Crippen LogP contribution in [0.2, 0.25) is 39.3 Å². The van der Waals surface area contributed by atoms with Crippen LogP contribution < -0.4 is 4.98 Å². The topological polar surface area (TPSA) is 24.4 Å². The van der Waals surface area contributed by atoms with Crippen LogP contribution >= 0.6 is 0 Å². The molecule has 0 aliphatic heterocycles. The first-order valence-corrected chi connectivity index (χ1v) is 17.0. The lowest BCUT2D eigenvalue weighted by atomic mass is 9.71. The SMILES string of the molecule is CC1=C(C)C(C)(c2ccccc2C(=N[Si](C)(C)C)N[Si](C)(C)C)C(C)=C1C. The summed E-state index contributed by atoms with van der Waals surface area (Å²) >= 11 is 0. The Bertz CT molecular complexity index is 807. The van der Waals surface area contributed by atoms with Crippen molar-refractivity contribution in [3.05, 3.63) is 57.7 Å². The van der Waals surface area contributed by atoms with Crippen molar-refractivity contribution < 1.29 is 0 Å². The maximum absolute atomic E-state index is 5.26. The molecule has 1 N–H and O–H groups in total. The van der Waals surface area contributed by atoms with Crippen LogP contribution in [0.15, 0.2) is 51.2 Å². The van der Waals surface area contributed by atoms with Gasteiger partial charge < -0.3 is 9.64 Å². The molecule has 0 fully saturated rings. The predicted octanol–water partition coefficient (Wildman–Crippen LogP) is 6.64. The fourth-order valence-electron chi connectivity index (χ4n) is 3.97. The van der Waals surface area contributed by atoms with E-state index < -0.39 is 16.5 Å². The van der Waals surface area contributed by atoms with Gasteiger partial charge in [0.05, 0.1) is 0 Å². The van der Waals surface area contributed by atoms with Gasteiger partial charge in [0.25, 0.3) is 0 Å². The third-order valence-corrected chi connectivity index (χ3v) is 7.73. The fourth-order valence-corrected chi connectivity index (χ4v) is 5.83. The van der Waals surface area contributed by atoms with Crippen molar-refractivity contribution in [3.8, 4) is 0 Å². The molecule has 1 aliphatic rings. The van der Waals surface area contributed by atoms with Gasteiger partial charge in [-0.1, -0.05) is 55.1 Å². The molecule has 0 amide bonds. The molecule has 0 spiro atoms. The second-order valence-corrected chi connectivity index (χ2v) is 19.5. The molecule has 0 saturated carbocycles. The van der Waals surface area contributed by atoms with Crippen LogP contribution in [0, 0.1) is 0 Å². The van der Waals surface area contributed by atoms with Gasteiger partial charge in [-0.3, -0.25) is 0 Å². The number of benzene rings is 1. The standard InChI is InChI=1S/C23H38N2Si2/c1-16-17(2)19(4)23(5,18(16)3)21-15-13-12-14-20(21)22(24-26(6,7)8)25-27(9,10)11/h12-15H,1-11H3,(H,24,25). The van der Waals surface area contributed by atoms with Crippen molar-refractivity contribution in [1.29, 1.82) is 0 Å².